The minimum Gasteiger partial charge on any atom is -0.434 e. The highest BCUT2D eigenvalue weighted by molar-refractivity contribution is 5.59. The fraction of sp³-hybridized carbons (Fsp3) is 0.750. The van der Waals surface area contributed by atoms with Gasteiger partial charge < -0.3 is 9.47 Å². The molecule has 1 radical (unpaired) electrons. The molecule has 0 amide bonds. The number of rotatable bonds is 4. The lowest BCUT2D eigenvalue weighted by Crippen LogP contribution is -2.09. The second-order valence-electron chi connectivity index (χ2n) is 2.63. The maximum absolute atomic E-state index is 10.5. The van der Waals surface area contributed by atoms with Crippen LogP contribution in [0, 0.1) is 12.8 Å². The molecule has 0 unspecified atom stereocenters. The van der Waals surface area contributed by atoms with Gasteiger partial charge in [0.15, 0.2) is 0 Å². The van der Waals surface area contributed by atoms with E-state index < -0.39 is 6.16 Å². The van der Waals surface area contributed by atoms with Crippen LogP contribution < -0.4 is 0 Å². The molecule has 0 aromatic heterocycles. The van der Waals surface area contributed by atoms with Gasteiger partial charge in [0, 0.05) is 0 Å². The summed E-state index contributed by atoms with van der Waals surface area (Å²) < 4.78 is 9.14. The predicted octanol–water partition coefficient (Wildman–Crippen LogP) is 2.02. The maximum Gasteiger partial charge on any atom is 0.508 e. The highest BCUT2D eigenvalue weighted by atomic mass is 16.7. The summed E-state index contributed by atoms with van der Waals surface area (Å²) >= 11 is 0. The monoisotopic (exact) mass is 159 g/mol. The first-order chi connectivity index (χ1) is 5.16. The van der Waals surface area contributed by atoms with Crippen LogP contribution in [0.3, 0.4) is 0 Å². The van der Waals surface area contributed by atoms with Gasteiger partial charge in [0.2, 0.25) is 0 Å². The quantitative estimate of drug-likeness (QED) is 0.589. The Morgan fingerprint density at radius 1 is 1.45 bits per heavy atom. The zero-order valence-corrected chi connectivity index (χ0v) is 7.13. The van der Waals surface area contributed by atoms with Crippen LogP contribution in [0.1, 0.15) is 20.3 Å². The van der Waals surface area contributed by atoms with Gasteiger partial charge in [-0.1, -0.05) is 13.8 Å². The predicted molar refractivity (Wildman–Crippen MR) is 42.1 cm³/mol. The maximum atomic E-state index is 10.5. The Morgan fingerprint density at radius 3 is 2.55 bits per heavy atom. The topological polar surface area (TPSA) is 35.5 Å². The molecule has 0 aromatic carbocycles. The van der Waals surface area contributed by atoms with Crippen molar-refractivity contribution in [3.8, 4) is 0 Å². The summed E-state index contributed by atoms with van der Waals surface area (Å²) in [5.74, 6) is 0.544. The molecule has 0 aromatic rings. The normalized spacial score (nSPS) is 9.82. The molecule has 0 aliphatic carbocycles. The third kappa shape index (κ3) is 7.16. The zero-order chi connectivity index (χ0) is 8.69. The molecule has 0 bridgehead atoms. The molecule has 0 heterocycles. The zero-order valence-electron chi connectivity index (χ0n) is 7.13. The van der Waals surface area contributed by atoms with Gasteiger partial charge in [0.1, 0.15) is 0 Å². The molecule has 65 valence electrons. The Morgan fingerprint density at radius 2 is 2.09 bits per heavy atom. The van der Waals surface area contributed by atoms with Crippen LogP contribution in [0.15, 0.2) is 0 Å². The van der Waals surface area contributed by atoms with Crippen LogP contribution in [0.25, 0.3) is 0 Å². The fourth-order valence-electron chi connectivity index (χ4n) is 0.503. The number of carbonyl (C=O) groups excluding carboxylic acids is 1. The van der Waals surface area contributed by atoms with Crippen molar-refractivity contribution >= 4 is 6.16 Å². The van der Waals surface area contributed by atoms with Gasteiger partial charge in [-0.05, 0) is 19.3 Å². The average molecular weight is 159 g/mol. The molecule has 0 saturated heterocycles. The van der Waals surface area contributed by atoms with E-state index in [1.54, 1.807) is 0 Å². The number of ether oxygens (including phenoxy) is 2. The molecule has 11 heavy (non-hydrogen) atoms. The Labute approximate surface area is 67.7 Å². The van der Waals surface area contributed by atoms with E-state index in [0.717, 1.165) is 6.42 Å². The molecule has 0 aliphatic rings. The minimum atomic E-state index is -0.624. The van der Waals surface area contributed by atoms with Crippen molar-refractivity contribution in [2.24, 2.45) is 5.92 Å². The summed E-state index contributed by atoms with van der Waals surface area (Å²) in [4.78, 5) is 10.5. The smallest absolute Gasteiger partial charge is 0.434 e. The lowest BCUT2D eigenvalue weighted by molar-refractivity contribution is 0.0598. The molecule has 3 nitrogen and oxygen atoms in total. The number of hydrogen-bond acceptors (Lipinski definition) is 3. The Kier molecular flexibility index (Phi) is 5.61. The first-order valence-corrected chi connectivity index (χ1v) is 3.75. The number of hydrogen-bond donors (Lipinski definition) is 0. The van der Waals surface area contributed by atoms with Crippen molar-refractivity contribution in [3.05, 3.63) is 6.92 Å². The van der Waals surface area contributed by atoms with Crippen molar-refractivity contribution in [1.82, 2.24) is 0 Å². The van der Waals surface area contributed by atoms with E-state index in [-0.39, 0.29) is 6.61 Å². The van der Waals surface area contributed by atoms with E-state index in [1.165, 1.54) is 0 Å². The van der Waals surface area contributed by atoms with E-state index in [4.69, 9.17) is 4.74 Å². The van der Waals surface area contributed by atoms with Crippen molar-refractivity contribution in [3.63, 3.8) is 0 Å². The van der Waals surface area contributed by atoms with E-state index in [2.05, 4.69) is 25.5 Å². The Bertz CT molecular complexity index is 110. The highest BCUT2D eigenvalue weighted by Gasteiger charge is 2.01. The fourth-order valence-corrected chi connectivity index (χ4v) is 0.503. The van der Waals surface area contributed by atoms with Gasteiger partial charge >= 0.3 is 6.16 Å². The van der Waals surface area contributed by atoms with Gasteiger partial charge in [-0.15, -0.1) is 0 Å². The molecular formula is C8H15O3. The van der Waals surface area contributed by atoms with Gasteiger partial charge in [-0.2, -0.15) is 0 Å². The Hall–Kier alpha value is -0.730. The molecule has 0 rings (SSSR count). The van der Waals surface area contributed by atoms with Gasteiger partial charge in [0.25, 0.3) is 0 Å². The molecule has 0 spiro atoms. The summed E-state index contributed by atoms with van der Waals surface area (Å²) in [5, 5.41) is 0. The third-order valence-corrected chi connectivity index (χ3v) is 1.14. The van der Waals surface area contributed by atoms with Crippen molar-refractivity contribution in [2.45, 2.75) is 20.3 Å². The lowest BCUT2D eigenvalue weighted by atomic mass is 10.1. The Balaban J connectivity index is 3.17. The standard InChI is InChI=1S/C8H15O3/c1-4-10-8(9)11-6-5-7(2)3/h7H,1,4-6H2,2-3H3. The molecule has 3 heteroatoms. The van der Waals surface area contributed by atoms with Gasteiger partial charge in [-0.3, -0.25) is 0 Å². The molecule has 0 atom stereocenters. The SMILES string of the molecule is [CH2]COC(=O)OCCC(C)C. The van der Waals surface area contributed by atoms with Crippen LogP contribution in [-0.4, -0.2) is 19.4 Å². The largest absolute Gasteiger partial charge is 0.508 e. The summed E-state index contributed by atoms with van der Waals surface area (Å²) in [6.07, 6.45) is 0.243. The van der Waals surface area contributed by atoms with Crippen LogP contribution in [-0.2, 0) is 9.47 Å². The van der Waals surface area contributed by atoms with E-state index >= 15 is 0 Å². The summed E-state index contributed by atoms with van der Waals surface area (Å²) in [6, 6.07) is 0. The molecular weight excluding hydrogens is 144 g/mol. The summed E-state index contributed by atoms with van der Waals surface area (Å²) in [7, 11) is 0. The minimum absolute atomic E-state index is 0.126. The second kappa shape index (κ2) is 6.01. The van der Waals surface area contributed by atoms with Crippen molar-refractivity contribution < 1.29 is 14.3 Å². The average Bonchev–Trinajstić information content (AvgIpc) is 1.87. The second-order valence-corrected chi connectivity index (χ2v) is 2.63. The van der Waals surface area contributed by atoms with Crippen LogP contribution in [0.4, 0.5) is 4.79 Å². The molecule has 0 fully saturated rings. The third-order valence-electron chi connectivity index (χ3n) is 1.14. The first-order valence-electron chi connectivity index (χ1n) is 3.75. The van der Waals surface area contributed by atoms with Crippen LogP contribution in [0.2, 0.25) is 0 Å². The van der Waals surface area contributed by atoms with E-state index in [1.807, 2.05) is 0 Å². The van der Waals surface area contributed by atoms with Crippen molar-refractivity contribution in [1.29, 1.82) is 0 Å². The highest BCUT2D eigenvalue weighted by Crippen LogP contribution is 1.99. The van der Waals surface area contributed by atoms with E-state index in [0.29, 0.717) is 12.5 Å². The van der Waals surface area contributed by atoms with Gasteiger partial charge in [0.05, 0.1) is 13.2 Å². The molecule has 0 N–H and O–H groups in total. The lowest BCUT2D eigenvalue weighted by Gasteiger charge is -2.05. The summed E-state index contributed by atoms with van der Waals surface area (Å²) in [5.41, 5.74) is 0. The van der Waals surface area contributed by atoms with E-state index in [9.17, 15) is 4.79 Å². The first kappa shape index (κ1) is 10.3. The number of carbonyl (C=O) groups is 1. The van der Waals surface area contributed by atoms with Crippen molar-refractivity contribution in [2.75, 3.05) is 13.2 Å². The van der Waals surface area contributed by atoms with Crippen LogP contribution >= 0.6 is 0 Å². The van der Waals surface area contributed by atoms with Crippen LogP contribution in [0.5, 0.6) is 0 Å². The summed E-state index contributed by atoms with van der Waals surface area (Å²) in [6.45, 7) is 8.03. The molecule has 0 aliphatic heterocycles. The van der Waals surface area contributed by atoms with Gasteiger partial charge in [-0.25, -0.2) is 4.79 Å². The molecule has 0 saturated carbocycles.